The largest absolute Gasteiger partial charge is 0.439 e. The van der Waals surface area contributed by atoms with Crippen LogP contribution in [0.3, 0.4) is 0 Å². The van der Waals surface area contributed by atoms with E-state index in [0.717, 1.165) is 55.7 Å². The summed E-state index contributed by atoms with van der Waals surface area (Å²) in [5.74, 6) is 1.03. The number of ether oxygens (including phenoxy) is 2. The van der Waals surface area contributed by atoms with Gasteiger partial charge in [-0.25, -0.2) is 9.07 Å². The normalized spacial score (nSPS) is 17.8. The Balaban J connectivity index is 1.53. The average molecular weight is 478 g/mol. The molecular weight excluding hydrogens is 445 g/mol. The van der Waals surface area contributed by atoms with E-state index in [2.05, 4.69) is 6.92 Å². The van der Waals surface area contributed by atoms with Gasteiger partial charge in [-0.05, 0) is 68.5 Å². The van der Waals surface area contributed by atoms with Gasteiger partial charge in [-0.15, -0.1) is 0 Å². The second-order valence-electron chi connectivity index (χ2n) is 9.37. The first kappa shape index (κ1) is 23.5. The molecule has 1 aliphatic carbocycles. The number of benzene rings is 2. The highest BCUT2D eigenvalue weighted by Crippen LogP contribution is 2.35. The van der Waals surface area contributed by atoms with E-state index < -0.39 is 0 Å². The molecule has 6 nitrogen and oxygen atoms in total. The SMILES string of the molecule is CCc1nn(-c2ccccc2)c(Oc2ccc(F)cc2)c1CN(C[C@@H]1CCCO1)C(=O)C1CCC1. The summed E-state index contributed by atoms with van der Waals surface area (Å²) < 4.78 is 27.6. The molecule has 1 aromatic heterocycles. The van der Waals surface area contributed by atoms with Crippen LogP contribution in [0, 0.1) is 11.7 Å². The molecule has 7 heteroatoms. The smallest absolute Gasteiger partial charge is 0.227 e. The van der Waals surface area contributed by atoms with Crippen LogP contribution in [0.1, 0.15) is 50.3 Å². The van der Waals surface area contributed by atoms with Gasteiger partial charge in [0.25, 0.3) is 0 Å². The number of nitrogens with zero attached hydrogens (tertiary/aromatic N) is 3. The molecule has 3 aromatic rings. The third-order valence-electron chi connectivity index (χ3n) is 6.95. The molecule has 0 unspecified atom stereocenters. The van der Waals surface area contributed by atoms with Crippen molar-refractivity contribution in [3.05, 3.63) is 71.7 Å². The summed E-state index contributed by atoms with van der Waals surface area (Å²) in [6.45, 7) is 3.79. The number of carbonyl (C=O) groups excluding carboxylic acids is 1. The molecule has 1 aliphatic heterocycles. The van der Waals surface area contributed by atoms with Crippen LogP contribution < -0.4 is 4.74 Å². The van der Waals surface area contributed by atoms with Crippen molar-refractivity contribution in [3.63, 3.8) is 0 Å². The minimum absolute atomic E-state index is 0.0646. The van der Waals surface area contributed by atoms with E-state index in [-0.39, 0.29) is 23.7 Å². The van der Waals surface area contributed by atoms with Crippen molar-refractivity contribution in [1.29, 1.82) is 0 Å². The third kappa shape index (κ3) is 5.25. The number of aryl methyl sites for hydroxylation is 1. The van der Waals surface area contributed by atoms with Crippen LogP contribution in [0.25, 0.3) is 5.69 Å². The number of amides is 1. The predicted octanol–water partition coefficient (Wildman–Crippen LogP) is 5.67. The zero-order valence-corrected chi connectivity index (χ0v) is 20.2. The highest BCUT2D eigenvalue weighted by Gasteiger charge is 2.33. The molecule has 2 aliphatic rings. The Morgan fingerprint density at radius 2 is 1.89 bits per heavy atom. The summed E-state index contributed by atoms with van der Waals surface area (Å²) in [4.78, 5) is 15.4. The highest BCUT2D eigenvalue weighted by molar-refractivity contribution is 5.79. The van der Waals surface area contributed by atoms with Gasteiger partial charge in [0.05, 0.1) is 29.6 Å². The lowest BCUT2D eigenvalue weighted by Gasteiger charge is -2.33. The molecule has 5 rings (SSSR count). The number of rotatable bonds is 9. The molecule has 1 saturated carbocycles. The van der Waals surface area contributed by atoms with Gasteiger partial charge in [-0.1, -0.05) is 31.5 Å². The van der Waals surface area contributed by atoms with Crippen molar-refractivity contribution < 1.29 is 18.7 Å². The number of hydrogen-bond acceptors (Lipinski definition) is 4. The van der Waals surface area contributed by atoms with E-state index in [1.807, 2.05) is 35.2 Å². The van der Waals surface area contributed by atoms with Crippen molar-refractivity contribution in [1.82, 2.24) is 14.7 Å². The van der Waals surface area contributed by atoms with Crippen molar-refractivity contribution in [2.24, 2.45) is 5.92 Å². The van der Waals surface area contributed by atoms with Crippen molar-refractivity contribution >= 4 is 5.91 Å². The number of carbonyl (C=O) groups is 1. The van der Waals surface area contributed by atoms with E-state index >= 15 is 0 Å². The quantitative estimate of drug-likeness (QED) is 0.398. The second kappa shape index (κ2) is 10.6. The fourth-order valence-corrected chi connectivity index (χ4v) is 4.75. The first-order valence-electron chi connectivity index (χ1n) is 12.6. The van der Waals surface area contributed by atoms with Crippen LogP contribution in [-0.4, -0.2) is 39.8 Å². The fourth-order valence-electron chi connectivity index (χ4n) is 4.75. The number of halogens is 1. The summed E-state index contributed by atoms with van der Waals surface area (Å²) in [7, 11) is 0. The number of hydrogen-bond donors (Lipinski definition) is 0. The monoisotopic (exact) mass is 477 g/mol. The van der Waals surface area contributed by atoms with E-state index in [1.54, 1.807) is 16.8 Å². The van der Waals surface area contributed by atoms with Gasteiger partial charge < -0.3 is 14.4 Å². The van der Waals surface area contributed by atoms with Gasteiger partial charge in [0.15, 0.2) is 0 Å². The number of para-hydroxylation sites is 1. The molecule has 1 atom stereocenters. The standard InChI is InChI=1S/C28H32FN3O3/c1-2-26-25(19-31(18-24-12-7-17-34-24)27(33)20-8-6-9-20)28(35-23-15-13-21(29)14-16-23)32(30-26)22-10-4-3-5-11-22/h3-5,10-11,13-16,20,24H,2,6-9,12,17-19H2,1H3/t24-/m0/s1. The van der Waals surface area contributed by atoms with E-state index in [0.29, 0.717) is 31.1 Å². The van der Waals surface area contributed by atoms with Crippen LogP contribution in [0.5, 0.6) is 11.6 Å². The Labute approximate surface area is 205 Å². The summed E-state index contributed by atoms with van der Waals surface area (Å²) >= 11 is 0. The van der Waals surface area contributed by atoms with Crippen molar-refractivity contribution in [3.8, 4) is 17.3 Å². The van der Waals surface area contributed by atoms with Gasteiger partial charge in [0.2, 0.25) is 11.8 Å². The molecule has 184 valence electrons. The maximum atomic E-state index is 13.5. The maximum Gasteiger partial charge on any atom is 0.227 e. The zero-order chi connectivity index (χ0) is 24.2. The lowest BCUT2D eigenvalue weighted by atomic mass is 9.84. The molecule has 0 N–H and O–H groups in total. The van der Waals surface area contributed by atoms with Crippen LogP contribution in [0.2, 0.25) is 0 Å². The molecule has 2 heterocycles. The Kier molecular flexibility index (Phi) is 7.13. The van der Waals surface area contributed by atoms with Crippen LogP contribution in [0.15, 0.2) is 54.6 Å². The van der Waals surface area contributed by atoms with Gasteiger partial charge >= 0.3 is 0 Å². The summed E-state index contributed by atoms with van der Waals surface area (Å²) in [6.07, 6.45) is 5.76. The Bertz CT molecular complexity index is 1140. The first-order chi connectivity index (χ1) is 17.1. The Hall–Kier alpha value is -3.19. The van der Waals surface area contributed by atoms with Crippen LogP contribution in [0.4, 0.5) is 4.39 Å². The summed E-state index contributed by atoms with van der Waals surface area (Å²) in [5, 5.41) is 4.88. The molecule has 2 fully saturated rings. The predicted molar refractivity (Wildman–Crippen MR) is 131 cm³/mol. The van der Waals surface area contributed by atoms with Crippen LogP contribution >= 0.6 is 0 Å². The van der Waals surface area contributed by atoms with Crippen molar-refractivity contribution in [2.75, 3.05) is 13.2 Å². The number of aromatic nitrogens is 2. The van der Waals surface area contributed by atoms with E-state index in [9.17, 15) is 9.18 Å². The Morgan fingerprint density at radius 3 is 2.51 bits per heavy atom. The van der Waals surface area contributed by atoms with Gasteiger partial charge in [0.1, 0.15) is 11.6 Å². The summed E-state index contributed by atoms with van der Waals surface area (Å²) in [5.41, 5.74) is 2.62. The van der Waals surface area contributed by atoms with Gasteiger partial charge in [-0.2, -0.15) is 5.10 Å². The first-order valence-corrected chi connectivity index (χ1v) is 12.6. The minimum atomic E-state index is -0.322. The fraction of sp³-hybridized carbons (Fsp3) is 0.429. The minimum Gasteiger partial charge on any atom is -0.439 e. The molecule has 35 heavy (non-hydrogen) atoms. The summed E-state index contributed by atoms with van der Waals surface area (Å²) in [6, 6.07) is 15.8. The lowest BCUT2D eigenvalue weighted by Crippen LogP contribution is -2.42. The van der Waals surface area contributed by atoms with E-state index in [4.69, 9.17) is 14.6 Å². The third-order valence-corrected chi connectivity index (χ3v) is 6.95. The second-order valence-corrected chi connectivity index (χ2v) is 9.37. The Morgan fingerprint density at radius 1 is 1.11 bits per heavy atom. The average Bonchev–Trinajstić information content (AvgIpc) is 3.47. The molecule has 1 saturated heterocycles. The topological polar surface area (TPSA) is 56.6 Å². The van der Waals surface area contributed by atoms with Gasteiger partial charge in [-0.3, -0.25) is 4.79 Å². The van der Waals surface area contributed by atoms with Gasteiger partial charge in [0, 0.05) is 19.1 Å². The molecule has 2 aromatic carbocycles. The maximum absolute atomic E-state index is 13.5. The highest BCUT2D eigenvalue weighted by atomic mass is 19.1. The molecule has 0 radical (unpaired) electrons. The van der Waals surface area contributed by atoms with Crippen molar-refractivity contribution in [2.45, 2.75) is 58.1 Å². The lowest BCUT2D eigenvalue weighted by molar-refractivity contribution is -0.140. The van der Waals surface area contributed by atoms with E-state index in [1.165, 1.54) is 12.1 Å². The molecule has 0 spiro atoms. The molecule has 0 bridgehead atoms. The molecular formula is C28H32FN3O3. The zero-order valence-electron chi connectivity index (χ0n) is 20.2. The van der Waals surface area contributed by atoms with Crippen LogP contribution in [-0.2, 0) is 22.5 Å². The molecule has 1 amide bonds.